The zero-order valence-corrected chi connectivity index (χ0v) is 15.7. The smallest absolute Gasteiger partial charge is 0.257 e. The zero-order chi connectivity index (χ0) is 18.3. The number of benzene rings is 1. The summed E-state index contributed by atoms with van der Waals surface area (Å²) in [6, 6.07) is 9.74. The van der Waals surface area contributed by atoms with Gasteiger partial charge in [0.2, 0.25) is 0 Å². The van der Waals surface area contributed by atoms with Crippen LogP contribution in [0.3, 0.4) is 0 Å². The first-order valence-corrected chi connectivity index (χ1v) is 10.0. The summed E-state index contributed by atoms with van der Waals surface area (Å²) in [6.45, 7) is 7.99. The molecule has 3 unspecified atom stereocenters. The lowest BCUT2D eigenvalue weighted by atomic mass is 9.73. The van der Waals surface area contributed by atoms with Crippen LogP contribution in [0.2, 0.25) is 0 Å². The van der Waals surface area contributed by atoms with E-state index in [2.05, 4.69) is 16.8 Å². The van der Waals surface area contributed by atoms with Gasteiger partial charge in [0.15, 0.2) is 5.60 Å². The second-order valence-corrected chi connectivity index (χ2v) is 8.43. The molecule has 0 aromatic heterocycles. The van der Waals surface area contributed by atoms with Crippen LogP contribution in [-0.2, 0) is 10.4 Å². The van der Waals surface area contributed by atoms with Crippen molar-refractivity contribution in [1.82, 2.24) is 10.2 Å². The lowest BCUT2D eigenvalue weighted by Gasteiger charge is -2.38. The van der Waals surface area contributed by atoms with E-state index in [1.54, 1.807) is 0 Å². The molecule has 3 atom stereocenters. The third kappa shape index (κ3) is 2.94. The molecule has 2 N–H and O–H groups in total. The van der Waals surface area contributed by atoms with Gasteiger partial charge in [-0.05, 0) is 25.3 Å². The van der Waals surface area contributed by atoms with Crippen LogP contribution in [0.4, 0.5) is 0 Å². The molecule has 1 aliphatic heterocycles. The van der Waals surface area contributed by atoms with Crippen molar-refractivity contribution in [2.45, 2.75) is 50.7 Å². The molecule has 26 heavy (non-hydrogen) atoms. The van der Waals surface area contributed by atoms with Crippen molar-refractivity contribution < 1.29 is 9.90 Å². The zero-order valence-electron chi connectivity index (χ0n) is 15.7. The summed E-state index contributed by atoms with van der Waals surface area (Å²) in [5.74, 6) is 0.810. The number of piperidine rings is 1. The summed E-state index contributed by atoms with van der Waals surface area (Å²) in [4.78, 5) is 15.6. The first-order valence-electron chi connectivity index (χ1n) is 10.0. The molecular weight excluding hydrogens is 324 g/mol. The Morgan fingerprint density at radius 3 is 2.35 bits per heavy atom. The van der Waals surface area contributed by atoms with E-state index >= 15 is 0 Å². The van der Waals surface area contributed by atoms with Gasteiger partial charge in [0, 0.05) is 42.6 Å². The molecule has 2 saturated carbocycles. The van der Waals surface area contributed by atoms with E-state index in [9.17, 15) is 9.90 Å². The summed E-state index contributed by atoms with van der Waals surface area (Å²) < 4.78 is 0. The summed E-state index contributed by atoms with van der Waals surface area (Å²) in [5, 5.41) is 14.8. The average molecular weight is 354 g/mol. The Balaban J connectivity index is 1.50. The number of amides is 1. The highest BCUT2D eigenvalue weighted by atomic mass is 16.3. The van der Waals surface area contributed by atoms with E-state index in [0.29, 0.717) is 11.8 Å². The van der Waals surface area contributed by atoms with Crippen molar-refractivity contribution in [2.75, 3.05) is 13.1 Å². The highest BCUT2D eigenvalue weighted by molar-refractivity contribution is 5.87. The number of hydrogen-bond acceptors (Lipinski definition) is 3. The fraction of sp³-hybridized carbons (Fsp3) is 0.591. The predicted octanol–water partition coefficient (Wildman–Crippen LogP) is 3.03. The van der Waals surface area contributed by atoms with Crippen molar-refractivity contribution in [3.63, 3.8) is 0 Å². The highest BCUT2D eigenvalue weighted by Crippen LogP contribution is 2.47. The van der Waals surface area contributed by atoms with Gasteiger partial charge in [-0.25, -0.2) is 0 Å². The van der Waals surface area contributed by atoms with E-state index < -0.39 is 5.60 Å². The number of carbonyl (C=O) groups excluding carboxylic acids is 1. The van der Waals surface area contributed by atoms with Gasteiger partial charge in [-0.1, -0.05) is 56.2 Å². The van der Waals surface area contributed by atoms with Crippen LogP contribution in [0.15, 0.2) is 42.6 Å². The minimum absolute atomic E-state index is 0.00385. The fourth-order valence-electron chi connectivity index (χ4n) is 5.08. The molecule has 1 saturated heterocycles. The number of aliphatic hydroxyl groups is 1. The van der Waals surface area contributed by atoms with Crippen molar-refractivity contribution in [3.8, 4) is 0 Å². The molecule has 2 aliphatic carbocycles. The number of carbonyl (C=O) groups is 1. The average Bonchev–Trinajstić information content (AvgIpc) is 3.10. The molecule has 1 amide bonds. The molecule has 140 valence electrons. The molecule has 3 fully saturated rings. The van der Waals surface area contributed by atoms with Gasteiger partial charge in [-0.2, -0.15) is 0 Å². The van der Waals surface area contributed by atoms with Crippen LogP contribution in [0.1, 0.15) is 44.6 Å². The minimum atomic E-state index is -1.41. The first-order chi connectivity index (χ1) is 12.5. The van der Waals surface area contributed by atoms with Crippen molar-refractivity contribution in [2.24, 2.45) is 17.8 Å². The molecule has 1 aromatic carbocycles. The number of rotatable bonds is 5. The van der Waals surface area contributed by atoms with Crippen LogP contribution >= 0.6 is 0 Å². The van der Waals surface area contributed by atoms with Crippen LogP contribution in [0, 0.1) is 17.8 Å². The topological polar surface area (TPSA) is 52.6 Å². The highest BCUT2D eigenvalue weighted by Gasteiger charge is 2.58. The Kier molecular flexibility index (Phi) is 4.55. The molecule has 0 radical (unpaired) electrons. The van der Waals surface area contributed by atoms with E-state index in [4.69, 9.17) is 0 Å². The molecule has 4 heteroatoms. The Labute approximate surface area is 156 Å². The van der Waals surface area contributed by atoms with Gasteiger partial charge in [0.1, 0.15) is 0 Å². The standard InChI is InChI=1S/C22H30N2O2/c1-15(2)24-13-18-19(14-24)20(18)23-21(25)22(26,16-9-5-3-6-10-16)17-11-7-4-8-12-17/h3,5-6,9-10,17-20,26H,1,4,7-8,11-14H2,2H3,(H,23,25). The van der Waals surface area contributed by atoms with Gasteiger partial charge in [0.25, 0.3) is 5.91 Å². The minimum Gasteiger partial charge on any atom is -0.375 e. The number of hydrogen-bond donors (Lipinski definition) is 2. The van der Waals surface area contributed by atoms with Gasteiger partial charge >= 0.3 is 0 Å². The van der Waals surface area contributed by atoms with Crippen LogP contribution in [0.5, 0.6) is 0 Å². The monoisotopic (exact) mass is 354 g/mol. The Morgan fingerprint density at radius 1 is 1.15 bits per heavy atom. The number of nitrogens with zero attached hydrogens (tertiary/aromatic N) is 1. The van der Waals surface area contributed by atoms with Crippen molar-refractivity contribution >= 4 is 5.91 Å². The van der Waals surface area contributed by atoms with Gasteiger partial charge in [-0.15, -0.1) is 0 Å². The van der Waals surface area contributed by atoms with E-state index in [0.717, 1.165) is 50.0 Å². The summed E-state index contributed by atoms with van der Waals surface area (Å²) in [6.07, 6.45) is 5.22. The SMILES string of the molecule is C=C(C)N1CC2C(C1)C2NC(=O)C(O)(c1ccccc1)C1CCCCC1. The van der Waals surface area contributed by atoms with E-state index in [-0.39, 0.29) is 17.9 Å². The molecule has 3 aliphatic rings. The van der Waals surface area contributed by atoms with Crippen molar-refractivity contribution in [1.29, 1.82) is 0 Å². The summed E-state index contributed by atoms with van der Waals surface area (Å²) in [5.41, 5.74) is 0.427. The maximum atomic E-state index is 13.3. The second-order valence-electron chi connectivity index (χ2n) is 8.43. The number of allylic oxidation sites excluding steroid dienone is 1. The number of nitrogens with one attached hydrogen (secondary N) is 1. The molecular formula is C22H30N2O2. The fourth-order valence-corrected chi connectivity index (χ4v) is 5.08. The van der Waals surface area contributed by atoms with Gasteiger partial charge < -0.3 is 15.3 Å². The van der Waals surface area contributed by atoms with Crippen molar-refractivity contribution in [3.05, 3.63) is 48.2 Å². The maximum Gasteiger partial charge on any atom is 0.257 e. The van der Waals surface area contributed by atoms with Crippen LogP contribution < -0.4 is 5.32 Å². The molecule has 4 rings (SSSR count). The second kappa shape index (κ2) is 6.73. The lowest BCUT2D eigenvalue weighted by Crippen LogP contribution is -2.51. The third-order valence-electron chi connectivity index (χ3n) is 6.79. The summed E-state index contributed by atoms with van der Waals surface area (Å²) >= 11 is 0. The Hall–Kier alpha value is -1.81. The van der Waals surface area contributed by atoms with Gasteiger partial charge in [0.05, 0.1) is 0 Å². The maximum absolute atomic E-state index is 13.3. The first kappa shape index (κ1) is 17.6. The molecule has 0 spiro atoms. The Bertz CT molecular complexity index is 671. The largest absolute Gasteiger partial charge is 0.375 e. The van der Waals surface area contributed by atoms with E-state index in [1.165, 1.54) is 6.42 Å². The quantitative estimate of drug-likeness (QED) is 0.855. The number of likely N-dealkylation sites (tertiary alicyclic amines) is 1. The van der Waals surface area contributed by atoms with Crippen LogP contribution in [-0.4, -0.2) is 35.0 Å². The summed E-state index contributed by atoms with van der Waals surface area (Å²) in [7, 11) is 0. The van der Waals surface area contributed by atoms with Gasteiger partial charge in [-0.3, -0.25) is 4.79 Å². The molecule has 4 nitrogen and oxygen atoms in total. The molecule has 1 aromatic rings. The third-order valence-corrected chi connectivity index (χ3v) is 6.79. The normalized spacial score (nSPS) is 30.4. The molecule has 0 bridgehead atoms. The van der Waals surface area contributed by atoms with E-state index in [1.807, 2.05) is 37.3 Å². The Morgan fingerprint density at radius 2 is 1.77 bits per heavy atom. The number of fused-ring (bicyclic) bond motifs is 1. The van der Waals surface area contributed by atoms with Crippen LogP contribution in [0.25, 0.3) is 0 Å². The lowest BCUT2D eigenvalue weighted by molar-refractivity contribution is -0.149. The predicted molar refractivity (Wildman–Crippen MR) is 102 cm³/mol. The molecule has 1 heterocycles.